The van der Waals surface area contributed by atoms with Crippen LogP contribution in [0.2, 0.25) is 0 Å². The highest BCUT2D eigenvalue weighted by molar-refractivity contribution is 5.91. The van der Waals surface area contributed by atoms with Crippen LogP contribution >= 0.6 is 0 Å². The lowest BCUT2D eigenvalue weighted by Crippen LogP contribution is -1.84. The summed E-state index contributed by atoms with van der Waals surface area (Å²) in [5, 5.41) is 11.5. The fourth-order valence-electron chi connectivity index (χ4n) is 5.03. The van der Waals surface area contributed by atoms with E-state index in [1.807, 2.05) is 12.1 Å². The number of hydrogen-bond donors (Lipinski definition) is 0. The summed E-state index contributed by atoms with van der Waals surface area (Å²) in [6, 6.07) is 43.5. The molecule has 0 saturated carbocycles. The van der Waals surface area contributed by atoms with Crippen molar-refractivity contribution in [3.8, 4) is 50.9 Å². The summed E-state index contributed by atoms with van der Waals surface area (Å²) < 4.78 is 19.2. The van der Waals surface area contributed by atoms with Crippen molar-refractivity contribution < 1.29 is 8.81 Å². The van der Waals surface area contributed by atoms with E-state index in [0.717, 1.165) is 44.5 Å². The predicted molar refractivity (Wildman–Crippen MR) is 158 cm³/mol. The molecule has 0 N–H and O–H groups in total. The average Bonchev–Trinajstić information content (AvgIpc) is 3.45. The highest BCUT2D eigenvalue weighted by Gasteiger charge is 2.10. The summed E-state index contributed by atoms with van der Waals surface area (Å²) in [6.07, 6.45) is 0. The van der Waals surface area contributed by atoms with Crippen molar-refractivity contribution in [3.05, 3.63) is 139 Å². The maximum atomic E-state index is 13.3. The van der Waals surface area contributed by atoms with Gasteiger partial charge in [0.2, 0.25) is 5.89 Å². The second kappa shape index (κ2) is 9.65. The molecular weight excluding hydrogens is 495 g/mol. The molecule has 0 saturated heterocycles. The Kier molecular flexibility index (Phi) is 5.69. The number of aromatic nitrogens is 1. The number of halogens is 1. The molecular formula is C36H21FN2O. The van der Waals surface area contributed by atoms with Crippen LogP contribution in [-0.2, 0) is 0 Å². The summed E-state index contributed by atoms with van der Waals surface area (Å²) in [5.74, 6) is 0.307. The Labute approximate surface area is 230 Å². The van der Waals surface area contributed by atoms with Crippen molar-refractivity contribution in [3.63, 3.8) is 0 Å². The van der Waals surface area contributed by atoms with Crippen LogP contribution in [0.3, 0.4) is 0 Å². The first-order valence-corrected chi connectivity index (χ1v) is 12.9. The average molecular weight is 517 g/mol. The summed E-state index contributed by atoms with van der Waals surface area (Å²) >= 11 is 0. The number of nitrogens with zero attached hydrogens (tertiary/aromatic N) is 2. The zero-order valence-electron chi connectivity index (χ0n) is 21.3. The molecule has 1 aromatic heterocycles. The maximum Gasteiger partial charge on any atom is 0.227 e. The van der Waals surface area contributed by atoms with Crippen molar-refractivity contribution in [2.45, 2.75) is 0 Å². The molecule has 0 aliphatic rings. The van der Waals surface area contributed by atoms with Gasteiger partial charge in [-0.1, -0.05) is 72.8 Å². The first kappa shape index (κ1) is 23.6. The molecule has 0 fully saturated rings. The van der Waals surface area contributed by atoms with Gasteiger partial charge in [-0.05, 0) is 92.7 Å². The fourth-order valence-corrected chi connectivity index (χ4v) is 5.03. The summed E-state index contributed by atoms with van der Waals surface area (Å²) in [4.78, 5) is 4.57. The Morgan fingerprint density at radius 3 is 1.55 bits per heavy atom. The Bertz CT molecular complexity index is 2050. The Morgan fingerprint density at radius 2 is 1.00 bits per heavy atom. The standard InChI is InChI=1S/C36H21FN2O/c37-33-16-14-25(15-17-33)24-2-4-26(5-3-24)29-10-12-32-21-30(11-13-31(32)20-29)27-6-8-28(9-7-27)36-39-34-18-1-23(22-38)19-35(34)40-36/h1-21H. The molecule has 1 heterocycles. The van der Waals surface area contributed by atoms with E-state index in [0.29, 0.717) is 17.0 Å². The molecule has 0 bridgehead atoms. The SMILES string of the molecule is N#Cc1ccc2nc(-c3ccc(-c4ccc5cc(-c6ccc(-c7ccc(F)cc7)cc6)ccc5c4)cc3)oc2c1. The molecule has 0 amide bonds. The quantitative estimate of drug-likeness (QED) is 0.234. The molecule has 0 unspecified atom stereocenters. The zero-order valence-corrected chi connectivity index (χ0v) is 21.3. The zero-order chi connectivity index (χ0) is 27.1. The van der Waals surface area contributed by atoms with Gasteiger partial charge in [0.05, 0.1) is 11.6 Å². The van der Waals surface area contributed by atoms with Crippen molar-refractivity contribution in [1.29, 1.82) is 5.26 Å². The third kappa shape index (κ3) is 4.40. The van der Waals surface area contributed by atoms with Gasteiger partial charge in [0.15, 0.2) is 5.58 Å². The molecule has 188 valence electrons. The minimum Gasteiger partial charge on any atom is -0.436 e. The number of benzene rings is 6. The molecule has 0 radical (unpaired) electrons. The molecule has 0 spiro atoms. The largest absolute Gasteiger partial charge is 0.436 e. The van der Waals surface area contributed by atoms with Crippen LogP contribution in [-0.4, -0.2) is 4.98 Å². The van der Waals surface area contributed by atoms with Crippen molar-refractivity contribution in [2.75, 3.05) is 0 Å². The lowest BCUT2D eigenvalue weighted by atomic mass is 9.96. The third-order valence-corrected chi connectivity index (χ3v) is 7.22. The van der Waals surface area contributed by atoms with Gasteiger partial charge in [-0.15, -0.1) is 0 Å². The molecule has 6 aromatic carbocycles. The van der Waals surface area contributed by atoms with Crippen LogP contribution in [0.15, 0.2) is 132 Å². The first-order valence-electron chi connectivity index (χ1n) is 12.9. The minimum atomic E-state index is -0.228. The van der Waals surface area contributed by atoms with Gasteiger partial charge in [-0.2, -0.15) is 5.26 Å². The van der Waals surface area contributed by atoms with Crippen LogP contribution in [0.25, 0.3) is 66.7 Å². The van der Waals surface area contributed by atoms with Crippen LogP contribution in [0, 0.1) is 17.1 Å². The second-order valence-corrected chi connectivity index (χ2v) is 9.75. The molecule has 4 heteroatoms. The van der Waals surface area contributed by atoms with Crippen LogP contribution in [0.4, 0.5) is 4.39 Å². The van der Waals surface area contributed by atoms with Crippen molar-refractivity contribution in [2.24, 2.45) is 0 Å². The Balaban J connectivity index is 1.13. The van der Waals surface area contributed by atoms with Crippen LogP contribution in [0.1, 0.15) is 5.56 Å². The number of hydrogen-bond acceptors (Lipinski definition) is 3. The molecule has 0 aliphatic carbocycles. The van der Waals surface area contributed by atoms with Gasteiger partial charge in [-0.25, -0.2) is 9.37 Å². The highest BCUT2D eigenvalue weighted by atomic mass is 19.1. The molecule has 40 heavy (non-hydrogen) atoms. The van der Waals surface area contributed by atoms with Gasteiger partial charge >= 0.3 is 0 Å². The van der Waals surface area contributed by atoms with Crippen LogP contribution in [0.5, 0.6) is 0 Å². The molecule has 7 rings (SSSR count). The molecule has 3 nitrogen and oxygen atoms in total. The topological polar surface area (TPSA) is 49.8 Å². The van der Waals surface area contributed by atoms with Gasteiger partial charge in [0.25, 0.3) is 0 Å². The Hall–Kier alpha value is -5.53. The Morgan fingerprint density at radius 1 is 0.525 bits per heavy atom. The lowest BCUT2D eigenvalue weighted by molar-refractivity contribution is 0.620. The van der Waals surface area contributed by atoms with E-state index in [-0.39, 0.29) is 5.82 Å². The van der Waals surface area contributed by atoms with Gasteiger partial charge in [-0.3, -0.25) is 0 Å². The van der Waals surface area contributed by atoms with Crippen molar-refractivity contribution in [1.82, 2.24) is 4.98 Å². The predicted octanol–water partition coefficient (Wildman–Crippen LogP) is 9.66. The normalized spacial score (nSPS) is 11.1. The molecule has 7 aromatic rings. The van der Waals surface area contributed by atoms with Gasteiger partial charge in [0.1, 0.15) is 11.3 Å². The van der Waals surface area contributed by atoms with E-state index >= 15 is 0 Å². The minimum absolute atomic E-state index is 0.228. The third-order valence-electron chi connectivity index (χ3n) is 7.22. The summed E-state index contributed by atoms with van der Waals surface area (Å²) in [7, 11) is 0. The smallest absolute Gasteiger partial charge is 0.227 e. The van der Waals surface area contributed by atoms with E-state index in [1.165, 1.54) is 22.9 Å². The van der Waals surface area contributed by atoms with E-state index in [1.54, 1.807) is 30.3 Å². The fraction of sp³-hybridized carbons (Fsp3) is 0. The molecule has 0 atom stereocenters. The van der Waals surface area contributed by atoms with E-state index in [2.05, 4.69) is 83.8 Å². The first-order chi connectivity index (χ1) is 19.6. The van der Waals surface area contributed by atoms with Crippen molar-refractivity contribution >= 4 is 21.9 Å². The number of oxazole rings is 1. The second-order valence-electron chi connectivity index (χ2n) is 9.75. The number of nitriles is 1. The lowest BCUT2D eigenvalue weighted by Gasteiger charge is -2.09. The maximum absolute atomic E-state index is 13.3. The number of fused-ring (bicyclic) bond motifs is 2. The summed E-state index contributed by atoms with van der Waals surface area (Å²) in [6.45, 7) is 0. The number of rotatable bonds is 4. The van der Waals surface area contributed by atoms with E-state index in [9.17, 15) is 4.39 Å². The monoisotopic (exact) mass is 516 g/mol. The van der Waals surface area contributed by atoms with Crippen LogP contribution < -0.4 is 0 Å². The van der Waals surface area contributed by atoms with Gasteiger partial charge < -0.3 is 4.42 Å². The van der Waals surface area contributed by atoms with E-state index < -0.39 is 0 Å². The highest BCUT2D eigenvalue weighted by Crippen LogP contribution is 2.32. The van der Waals surface area contributed by atoms with Gasteiger partial charge in [0, 0.05) is 11.6 Å². The molecule has 0 aliphatic heterocycles. The summed E-state index contributed by atoms with van der Waals surface area (Å²) in [5.41, 5.74) is 9.35. The van der Waals surface area contributed by atoms with E-state index in [4.69, 9.17) is 9.68 Å².